The van der Waals surface area contributed by atoms with E-state index in [4.69, 9.17) is 0 Å². The molecule has 0 aromatic heterocycles. The quantitative estimate of drug-likeness (QED) is 0.708. The van der Waals surface area contributed by atoms with Crippen LogP contribution in [0.4, 0.5) is 0 Å². The van der Waals surface area contributed by atoms with Crippen molar-refractivity contribution in [2.24, 2.45) is 5.92 Å². The molecule has 1 aliphatic rings. The van der Waals surface area contributed by atoms with Crippen molar-refractivity contribution in [3.63, 3.8) is 0 Å². The van der Waals surface area contributed by atoms with E-state index in [-0.39, 0.29) is 5.54 Å². The van der Waals surface area contributed by atoms with Crippen LogP contribution in [-0.4, -0.2) is 35.6 Å². The molecule has 0 heterocycles. The summed E-state index contributed by atoms with van der Waals surface area (Å²) in [4.78, 5) is 2.85. The molecular formula is C18H38N2. The second kappa shape index (κ2) is 8.38. The molecule has 120 valence electrons. The Morgan fingerprint density at radius 3 is 2.20 bits per heavy atom. The summed E-state index contributed by atoms with van der Waals surface area (Å²) in [5.74, 6) is 0.768. The van der Waals surface area contributed by atoms with E-state index in [0.29, 0.717) is 6.04 Å². The van der Waals surface area contributed by atoms with Gasteiger partial charge in [-0.05, 0) is 46.0 Å². The molecule has 0 aromatic carbocycles. The van der Waals surface area contributed by atoms with E-state index < -0.39 is 0 Å². The molecule has 0 spiro atoms. The van der Waals surface area contributed by atoms with Gasteiger partial charge in [-0.15, -0.1) is 0 Å². The van der Waals surface area contributed by atoms with Crippen molar-refractivity contribution in [3.05, 3.63) is 0 Å². The molecule has 20 heavy (non-hydrogen) atoms. The third-order valence-corrected chi connectivity index (χ3v) is 4.33. The Morgan fingerprint density at radius 1 is 1.15 bits per heavy atom. The van der Waals surface area contributed by atoms with Crippen molar-refractivity contribution in [1.82, 2.24) is 10.2 Å². The molecule has 1 rings (SSSR count). The average Bonchev–Trinajstić information content (AvgIpc) is 2.84. The predicted molar refractivity (Wildman–Crippen MR) is 90.3 cm³/mol. The molecule has 1 aliphatic carbocycles. The molecule has 1 fully saturated rings. The van der Waals surface area contributed by atoms with Gasteiger partial charge in [0.25, 0.3) is 0 Å². The highest BCUT2D eigenvalue weighted by atomic mass is 15.2. The van der Waals surface area contributed by atoms with E-state index in [2.05, 4.69) is 51.8 Å². The standard InChI is InChI=1S/C18H38N2/c1-7-10-17(13-19-18(4,5)6)20(14-15(2)3)16-11-8-9-12-16/h15-17,19H,7-14H2,1-6H3. The van der Waals surface area contributed by atoms with Gasteiger partial charge in [0.05, 0.1) is 0 Å². The molecule has 1 saturated carbocycles. The Kier molecular flexibility index (Phi) is 7.53. The molecule has 2 heteroatoms. The summed E-state index contributed by atoms with van der Waals surface area (Å²) < 4.78 is 0. The lowest BCUT2D eigenvalue weighted by molar-refractivity contribution is 0.105. The lowest BCUT2D eigenvalue weighted by atomic mass is 10.0. The molecule has 0 amide bonds. The van der Waals surface area contributed by atoms with Crippen LogP contribution < -0.4 is 5.32 Å². The van der Waals surface area contributed by atoms with Crippen LogP contribution in [0.5, 0.6) is 0 Å². The van der Waals surface area contributed by atoms with E-state index in [0.717, 1.165) is 18.5 Å². The largest absolute Gasteiger partial charge is 0.311 e. The first-order valence-electron chi connectivity index (χ1n) is 8.84. The molecule has 2 nitrogen and oxygen atoms in total. The SMILES string of the molecule is CCCC(CNC(C)(C)C)N(CC(C)C)C1CCCC1. The van der Waals surface area contributed by atoms with E-state index in [1.54, 1.807) is 0 Å². The minimum Gasteiger partial charge on any atom is -0.311 e. The van der Waals surface area contributed by atoms with Gasteiger partial charge in [0.15, 0.2) is 0 Å². The van der Waals surface area contributed by atoms with Crippen molar-refractivity contribution >= 4 is 0 Å². The first kappa shape index (κ1) is 18.0. The van der Waals surface area contributed by atoms with Crippen LogP contribution in [0, 0.1) is 5.92 Å². The maximum Gasteiger partial charge on any atom is 0.0223 e. The number of hydrogen-bond donors (Lipinski definition) is 1. The molecule has 1 N–H and O–H groups in total. The highest BCUT2D eigenvalue weighted by Crippen LogP contribution is 2.27. The smallest absolute Gasteiger partial charge is 0.0223 e. The van der Waals surface area contributed by atoms with E-state index in [1.807, 2.05) is 0 Å². The van der Waals surface area contributed by atoms with Gasteiger partial charge in [-0.25, -0.2) is 0 Å². The van der Waals surface area contributed by atoms with E-state index in [9.17, 15) is 0 Å². The monoisotopic (exact) mass is 282 g/mol. The van der Waals surface area contributed by atoms with E-state index >= 15 is 0 Å². The van der Waals surface area contributed by atoms with Gasteiger partial charge in [-0.3, -0.25) is 4.90 Å². The Bertz CT molecular complexity index is 249. The van der Waals surface area contributed by atoms with Crippen LogP contribution in [0.25, 0.3) is 0 Å². The van der Waals surface area contributed by atoms with Crippen LogP contribution in [0.1, 0.15) is 80.1 Å². The molecule has 0 saturated heterocycles. The average molecular weight is 283 g/mol. The lowest BCUT2D eigenvalue weighted by Crippen LogP contribution is -2.51. The minimum atomic E-state index is 0.227. The van der Waals surface area contributed by atoms with Gasteiger partial charge in [0.1, 0.15) is 0 Å². The van der Waals surface area contributed by atoms with Crippen molar-refractivity contribution < 1.29 is 0 Å². The number of nitrogens with one attached hydrogen (secondary N) is 1. The van der Waals surface area contributed by atoms with Crippen molar-refractivity contribution in [3.8, 4) is 0 Å². The van der Waals surface area contributed by atoms with Crippen LogP contribution >= 0.6 is 0 Å². The van der Waals surface area contributed by atoms with Gasteiger partial charge in [-0.1, -0.05) is 40.0 Å². The van der Waals surface area contributed by atoms with Crippen molar-refractivity contribution in [2.45, 2.75) is 97.7 Å². The fraction of sp³-hybridized carbons (Fsp3) is 1.00. The van der Waals surface area contributed by atoms with Gasteiger partial charge in [0.2, 0.25) is 0 Å². The Labute approximate surface area is 127 Å². The van der Waals surface area contributed by atoms with Crippen molar-refractivity contribution in [2.75, 3.05) is 13.1 Å². The Morgan fingerprint density at radius 2 is 1.75 bits per heavy atom. The highest BCUT2D eigenvalue weighted by Gasteiger charge is 2.29. The van der Waals surface area contributed by atoms with Crippen LogP contribution in [0.2, 0.25) is 0 Å². The van der Waals surface area contributed by atoms with Gasteiger partial charge in [0, 0.05) is 30.7 Å². The van der Waals surface area contributed by atoms with Gasteiger partial charge in [-0.2, -0.15) is 0 Å². The summed E-state index contributed by atoms with van der Waals surface area (Å²) in [7, 11) is 0. The van der Waals surface area contributed by atoms with E-state index in [1.165, 1.54) is 45.1 Å². The molecule has 1 unspecified atom stereocenters. The second-order valence-electron chi connectivity index (χ2n) is 8.10. The fourth-order valence-electron chi connectivity index (χ4n) is 3.40. The molecule has 0 bridgehead atoms. The van der Waals surface area contributed by atoms with Crippen molar-refractivity contribution in [1.29, 1.82) is 0 Å². The molecule has 1 atom stereocenters. The van der Waals surface area contributed by atoms with Gasteiger partial charge >= 0.3 is 0 Å². The molecular weight excluding hydrogens is 244 g/mol. The Balaban J connectivity index is 2.69. The normalized spacial score (nSPS) is 19.2. The first-order valence-corrected chi connectivity index (χ1v) is 8.84. The third kappa shape index (κ3) is 6.58. The summed E-state index contributed by atoms with van der Waals surface area (Å²) in [6.07, 6.45) is 8.32. The number of rotatable bonds is 8. The molecule has 0 aliphatic heterocycles. The Hall–Kier alpha value is -0.0800. The third-order valence-electron chi connectivity index (χ3n) is 4.33. The molecule has 0 aromatic rings. The maximum absolute atomic E-state index is 3.74. The van der Waals surface area contributed by atoms with Gasteiger partial charge < -0.3 is 5.32 Å². The topological polar surface area (TPSA) is 15.3 Å². The zero-order valence-electron chi connectivity index (χ0n) is 14.8. The summed E-state index contributed by atoms with van der Waals surface area (Å²) in [6.45, 7) is 16.3. The molecule has 0 radical (unpaired) electrons. The number of hydrogen-bond acceptors (Lipinski definition) is 2. The first-order chi connectivity index (χ1) is 9.33. The summed E-state index contributed by atoms with van der Waals surface area (Å²) in [6, 6.07) is 1.56. The predicted octanol–water partition coefficient (Wildman–Crippen LogP) is 4.44. The zero-order chi connectivity index (χ0) is 15.2. The van der Waals surface area contributed by atoms with Crippen LogP contribution in [0.15, 0.2) is 0 Å². The second-order valence-corrected chi connectivity index (χ2v) is 8.10. The van der Waals surface area contributed by atoms with Crippen LogP contribution in [-0.2, 0) is 0 Å². The fourth-order valence-corrected chi connectivity index (χ4v) is 3.40. The summed E-state index contributed by atoms with van der Waals surface area (Å²) in [5.41, 5.74) is 0.227. The highest BCUT2D eigenvalue weighted by molar-refractivity contribution is 4.86. The maximum atomic E-state index is 3.74. The lowest BCUT2D eigenvalue weighted by Gasteiger charge is -2.39. The van der Waals surface area contributed by atoms with Crippen LogP contribution in [0.3, 0.4) is 0 Å². The zero-order valence-corrected chi connectivity index (χ0v) is 14.8. The summed E-state index contributed by atoms with van der Waals surface area (Å²) in [5, 5.41) is 3.74. The minimum absolute atomic E-state index is 0.227. The summed E-state index contributed by atoms with van der Waals surface area (Å²) >= 11 is 0. The number of nitrogens with zero attached hydrogens (tertiary/aromatic N) is 1.